The average Bonchev–Trinajstić information content (AvgIpc) is 2.74. The summed E-state index contributed by atoms with van der Waals surface area (Å²) in [5.74, 6) is 0.148. The molecule has 2 rings (SSSR count). The number of carbonyl (C=O) groups excluding carboxylic acids is 1. The molecule has 104 valence electrons. The summed E-state index contributed by atoms with van der Waals surface area (Å²) in [7, 11) is 0. The molecule has 3 heteroatoms. The number of aryl methyl sites for hydroxylation is 1. The van der Waals surface area contributed by atoms with Crippen LogP contribution >= 0.6 is 11.3 Å². The van der Waals surface area contributed by atoms with Gasteiger partial charge in [0.2, 0.25) is 0 Å². The maximum Gasteiger partial charge on any atom is 0.142 e. The van der Waals surface area contributed by atoms with Crippen molar-refractivity contribution in [2.75, 3.05) is 0 Å². The molecular formula is C17H17FOS. The van der Waals surface area contributed by atoms with Gasteiger partial charge in [-0.25, -0.2) is 4.39 Å². The van der Waals surface area contributed by atoms with Crippen LogP contribution in [0.3, 0.4) is 0 Å². The van der Waals surface area contributed by atoms with Crippen molar-refractivity contribution >= 4 is 23.7 Å². The Labute approximate surface area is 122 Å². The van der Waals surface area contributed by atoms with E-state index < -0.39 is 0 Å². The minimum atomic E-state index is -0.240. The minimum Gasteiger partial charge on any atom is -0.299 e. The highest BCUT2D eigenvalue weighted by molar-refractivity contribution is 7.12. The molecule has 0 spiro atoms. The first kappa shape index (κ1) is 14.7. The van der Waals surface area contributed by atoms with Crippen LogP contribution in [0.5, 0.6) is 0 Å². The van der Waals surface area contributed by atoms with Crippen molar-refractivity contribution < 1.29 is 9.18 Å². The Morgan fingerprint density at radius 1 is 1.20 bits per heavy atom. The molecule has 0 unspecified atom stereocenters. The summed E-state index contributed by atoms with van der Waals surface area (Å²) in [6.45, 7) is 6.34. The van der Waals surface area contributed by atoms with Crippen molar-refractivity contribution in [3.8, 4) is 11.1 Å². The van der Waals surface area contributed by atoms with E-state index in [2.05, 4.69) is 20.8 Å². The third-order valence-electron chi connectivity index (χ3n) is 3.15. The molecule has 0 saturated carbocycles. The predicted octanol–water partition coefficient (Wildman–Crippen LogP) is 5.20. The van der Waals surface area contributed by atoms with Gasteiger partial charge in [0.25, 0.3) is 0 Å². The molecule has 0 aliphatic carbocycles. The zero-order valence-corrected chi connectivity index (χ0v) is 12.6. The van der Waals surface area contributed by atoms with Gasteiger partial charge in [0.1, 0.15) is 12.1 Å². The second-order valence-electron chi connectivity index (χ2n) is 4.97. The number of allylic oxidation sites excluding steroid dienone is 1. The summed E-state index contributed by atoms with van der Waals surface area (Å²) in [4.78, 5) is 13.1. The number of aldehydes is 1. The van der Waals surface area contributed by atoms with E-state index in [1.165, 1.54) is 28.0 Å². The van der Waals surface area contributed by atoms with Crippen LogP contribution in [0.25, 0.3) is 17.2 Å². The average molecular weight is 288 g/mol. The number of hydrogen-bond acceptors (Lipinski definition) is 2. The SMILES string of the molecule is Cc1sc(C(C)C)c(/C=C/C=O)c1-c1ccc(F)cc1. The molecule has 0 saturated heterocycles. The van der Waals surface area contributed by atoms with Crippen LogP contribution in [-0.2, 0) is 4.79 Å². The fourth-order valence-electron chi connectivity index (χ4n) is 2.29. The first-order valence-corrected chi connectivity index (χ1v) is 7.37. The monoisotopic (exact) mass is 288 g/mol. The van der Waals surface area contributed by atoms with Crippen molar-refractivity contribution in [1.29, 1.82) is 0 Å². The molecule has 1 nitrogen and oxygen atoms in total. The van der Waals surface area contributed by atoms with Crippen molar-refractivity contribution in [1.82, 2.24) is 0 Å². The molecule has 0 bridgehead atoms. The zero-order valence-electron chi connectivity index (χ0n) is 11.8. The van der Waals surface area contributed by atoms with Crippen LogP contribution in [0.4, 0.5) is 4.39 Å². The summed E-state index contributed by atoms with van der Waals surface area (Å²) >= 11 is 1.74. The van der Waals surface area contributed by atoms with Crippen LogP contribution in [-0.4, -0.2) is 6.29 Å². The van der Waals surface area contributed by atoms with Crippen molar-refractivity contribution in [2.24, 2.45) is 0 Å². The van der Waals surface area contributed by atoms with Crippen LogP contribution in [0.1, 0.15) is 35.1 Å². The highest BCUT2D eigenvalue weighted by Gasteiger charge is 2.17. The summed E-state index contributed by atoms with van der Waals surface area (Å²) < 4.78 is 13.1. The molecule has 0 radical (unpaired) electrons. The van der Waals surface area contributed by atoms with Crippen LogP contribution in [0, 0.1) is 12.7 Å². The quantitative estimate of drug-likeness (QED) is 0.558. The molecule has 1 aromatic heterocycles. The largest absolute Gasteiger partial charge is 0.299 e. The standard InChI is InChI=1S/C17H17FOS/c1-11(2)17-15(5-4-10-19)16(12(3)20-17)13-6-8-14(18)9-7-13/h4-11H,1-3H3/b5-4+. The van der Waals surface area contributed by atoms with Gasteiger partial charge in [-0.05, 0) is 48.3 Å². The molecule has 0 amide bonds. The lowest BCUT2D eigenvalue weighted by Crippen LogP contribution is -1.88. The molecule has 0 aliphatic heterocycles. The highest BCUT2D eigenvalue weighted by Crippen LogP contribution is 2.40. The first-order chi connectivity index (χ1) is 9.54. The third-order valence-corrected chi connectivity index (χ3v) is 4.57. The molecule has 20 heavy (non-hydrogen) atoms. The Bertz CT molecular complexity index is 636. The van der Waals surface area contributed by atoms with Gasteiger partial charge >= 0.3 is 0 Å². The number of benzene rings is 1. The van der Waals surface area contributed by atoms with Gasteiger partial charge in [0, 0.05) is 15.3 Å². The van der Waals surface area contributed by atoms with Crippen LogP contribution in [0.15, 0.2) is 30.3 Å². The van der Waals surface area contributed by atoms with E-state index in [-0.39, 0.29) is 5.82 Å². The molecule has 0 aliphatic rings. The summed E-state index contributed by atoms with van der Waals surface area (Å²) in [5.41, 5.74) is 3.15. The van der Waals surface area contributed by atoms with Crippen molar-refractivity contribution in [3.05, 3.63) is 51.5 Å². The van der Waals surface area contributed by atoms with Crippen LogP contribution < -0.4 is 0 Å². The van der Waals surface area contributed by atoms with Gasteiger partial charge in [-0.1, -0.05) is 26.0 Å². The zero-order chi connectivity index (χ0) is 14.7. The Morgan fingerprint density at radius 2 is 1.85 bits per heavy atom. The fourth-order valence-corrected chi connectivity index (χ4v) is 3.46. The lowest BCUT2D eigenvalue weighted by atomic mass is 9.97. The number of carbonyl (C=O) groups is 1. The van der Waals surface area contributed by atoms with E-state index in [1.54, 1.807) is 23.5 Å². The number of halogens is 1. The topological polar surface area (TPSA) is 17.1 Å². The van der Waals surface area contributed by atoms with Gasteiger partial charge in [0.15, 0.2) is 0 Å². The van der Waals surface area contributed by atoms with E-state index >= 15 is 0 Å². The van der Waals surface area contributed by atoms with Gasteiger partial charge in [-0.15, -0.1) is 11.3 Å². The smallest absolute Gasteiger partial charge is 0.142 e. The first-order valence-electron chi connectivity index (χ1n) is 6.55. The molecule has 0 atom stereocenters. The molecule has 0 fully saturated rings. The molecule has 1 aromatic carbocycles. The number of thiophene rings is 1. The van der Waals surface area contributed by atoms with E-state index in [0.29, 0.717) is 5.92 Å². The van der Waals surface area contributed by atoms with Gasteiger partial charge in [-0.3, -0.25) is 4.79 Å². The second-order valence-corrected chi connectivity index (χ2v) is 6.22. The Kier molecular flexibility index (Phi) is 4.50. The summed E-state index contributed by atoms with van der Waals surface area (Å²) in [5, 5.41) is 0. The molecular weight excluding hydrogens is 271 g/mol. The lowest BCUT2D eigenvalue weighted by Gasteiger charge is -2.07. The molecule has 2 aromatic rings. The Morgan fingerprint density at radius 3 is 2.40 bits per heavy atom. The summed E-state index contributed by atoms with van der Waals surface area (Å²) in [6.07, 6.45) is 4.15. The van der Waals surface area contributed by atoms with E-state index in [1.807, 2.05) is 6.08 Å². The molecule has 1 heterocycles. The maximum atomic E-state index is 13.1. The van der Waals surface area contributed by atoms with E-state index in [9.17, 15) is 9.18 Å². The third kappa shape index (κ3) is 2.88. The highest BCUT2D eigenvalue weighted by atomic mass is 32.1. The van der Waals surface area contributed by atoms with Gasteiger partial charge < -0.3 is 0 Å². The fraction of sp³-hybridized carbons (Fsp3) is 0.235. The van der Waals surface area contributed by atoms with Crippen molar-refractivity contribution in [3.63, 3.8) is 0 Å². The van der Waals surface area contributed by atoms with Gasteiger partial charge in [0.05, 0.1) is 0 Å². The lowest BCUT2D eigenvalue weighted by molar-refractivity contribution is -0.104. The van der Waals surface area contributed by atoms with E-state index in [4.69, 9.17) is 0 Å². The number of hydrogen-bond donors (Lipinski definition) is 0. The van der Waals surface area contributed by atoms with Crippen LogP contribution in [0.2, 0.25) is 0 Å². The normalized spacial score (nSPS) is 11.4. The predicted molar refractivity (Wildman–Crippen MR) is 83.6 cm³/mol. The number of rotatable bonds is 4. The Hall–Kier alpha value is -1.74. The van der Waals surface area contributed by atoms with Gasteiger partial charge in [-0.2, -0.15) is 0 Å². The summed E-state index contributed by atoms with van der Waals surface area (Å²) in [6, 6.07) is 6.50. The minimum absolute atomic E-state index is 0.240. The maximum absolute atomic E-state index is 13.1. The van der Waals surface area contributed by atoms with Crippen molar-refractivity contribution in [2.45, 2.75) is 26.7 Å². The second kappa shape index (κ2) is 6.14. The van der Waals surface area contributed by atoms with E-state index in [0.717, 1.165) is 23.0 Å². The molecule has 0 N–H and O–H groups in total. The Balaban J connectivity index is 2.64.